The van der Waals surface area contributed by atoms with E-state index >= 15 is 0 Å². The molecule has 0 unspecified atom stereocenters. The Morgan fingerprint density at radius 2 is 2.12 bits per heavy atom. The van der Waals surface area contributed by atoms with E-state index in [9.17, 15) is 15.2 Å². The molecule has 4 rings (SSSR count). The number of carboxylic acids is 1. The number of rotatable bonds is 2. The summed E-state index contributed by atoms with van der Waals surface area (Å²) in [6, 6.07) is 14.5. The minimum atomic E-state index is -1.08. The molecule has 1 atom stereocenters. The van der Waals surface area contributed by atoms with Crippen LogP contribution >= 0.6 is 0 Å². The van der Waals surface area contributed by atoms with Crippen LogP contribution in [0.2, 0.25) is 0 Å². The van der Waals surface area contributed by atoms with Crippen LogP contribution in [0.4, 0.5) is 0 Å². The zero-order valence-electron chi connectivity index (χ0n) is 14.4. The fourth-order valence-corrected chi connectivity index (χ4v) is 3.63. The average molecular weight is 347 g/mol. The quantitative estimate of drug-likeness (QED) is 0.762. The zero-order chi connectivity index (χ0) is 18.5. The van der Waals surface area contributed by atoms with E-state index < -0.39 is 11.6 Å². The van der Waals surface area contributed by atoms with Crippen LogP contribution in [0.3, 0.4) is 0 Å². The summed E-state index contributed by atoms with van der Waals surface area (Å²) in [5, 5.41) is 19.0. The number of carboxylic acid groups (broad SMARTS) is 1. The van der Waals surface area contributed by atoms with Crippen LogP contribution in [-0.4, -0.2) is 26.2 Å². The Balaban J connectivity index is 2.02. The molecular formula is C20H17N3O3. The van der Waals surface area contributed by atoms with Crippen LogP contribution in [-0.2, 0) is 0 Å². The van der Waals surface area contributed by atoms with Crippen molar-refractivity contribution in [3.05, 3.63) is 59.4 Å². The largest absolute Gasteiger partial charge is 0.487 e. The molecule has 0 bridgehead atoms. The van der Waals surface area contributed by atoms with Crippen LogP contribution in [0.15, 0.2) is 42.5 Å². The van der Waals surface area contributed by atoms with Crippen LogP contribution < -0.4 is 4.74 Å². The van der Waals surface area contributed by atoms with Gasteiger partial charge in [-0.2, -0.15) is 5.26 Å². The van der Waals surface area contributed by atoms with E-state index in [1.165, 1.54) is 0 Å². The van der Waals surface area contributed by atoms with Crippen molar-refractivity contribution in [2.24, 2.45) is 0 Å². The Kier molecular flexibility index (Phi) is 3.48. The summed E-state index contributed by atoms with van der Waals surface area (Å²) >= 11 is 0. The first-order chi connectivity index (χ1) is 12.4. The molecule has 6 nitrogen and oxygen atoms in total. The van der Waals surface area contributed by atoms with Gasteiger partial charge in [0.25, 0.3) is 0 Å². The van der Waals surface area contributed by atoms with E-state index in [-0.39, 0.29) is 11.9 Å². The van der Waals surface area contributed by atoms with Gasteiger partial charge in [-0.25, -0.2) is 9.78 Å². The Morgan fingerprint density at radius 3 is 2.85 bits per heavy atom. The Morgan fingerprint density at radius 1 is 1.35 bits per heavy atom. The zero-order valence-corrected chi connectivity index (χ0v) is 14.4. The Bertz CT molecular complexity index is 1080. The van der Waals surface area contributed by atoms with E-state index in [4.69, 9.17) is 4.74 Å². The molecule has 0 amide bonds. The van der Waals surface area contributed by atoms with Gasteiger partial charge in [0.05, 0.1) is 28.7 Å². The van der Waals surface area contributed by atoms with Gasteiger partial charge in [-0.1, -0.05) is 12.1 Å². The monoisotopic (exact) mass is 347 g/mol. The van der Waals surface area contributed by atoms with Gasteiger partial charge in [0.15, 0.2) is 0 Å². The lowest BCUT2D eigenvalue weighted by Gasteiger charge is -2.38. The van der Waals surface area contributed by atoms with Crippen molar-refractivity contribution in [3.8, 4) is 11.8 Å². The van der Waals surface area contributed by atoms with Crippen LogP contribution in [0.5, 0.6) is 5.75 Å². The third-order valence-electron chi connectivity index (χ3n) is 4.67. The summed E-state index contributed by atoms with van der Waals surface area (Å²) in [4.78, 5) is 16.2. The first-order valence-corrected chi connectivity index (χ1v) is 8.33. The van der Waals surface area contributed by atoms with Crippen molar-refractivity contribution < 1.29 is 14.6 Å². The van der Waals surface area contributed by atoms with E-state index in [0.29, 0.717) is 23.3 Å². The maximum absolute atomic E-state index is 11.9. The lowest BCUT2D eigenvalue weighted by Crippen LogP contribution is -2.37. The Labute approximate surface area is 150 Å². The molecule has 1 N–H and O–H groups in total. The molecule has 0 radical (unpaired) electrons. The van der Waals surface area contributed by atoms with Gasteiger partial charge >= 0.3 is 5.97 Å². The highest BCUT2D eigenvalue weighted by Gasteiger charge is 2.37. The minimum Gasteiger partial charge on any atom is -0.487 e. The maximum Gasteiger partial charge on any atom is 0.372 e. The van der Waals surface area contributed by atoms with Crippen LogP contribution in [0, 0.1) is 11.3 Å². The molecule has 0 saturated heterocycles. The van der Waals surface area contributed by atoms with Crippen molar-refractivity contribution in [1.82, 2.24) is 9.55 Å². The highest BCUT2D eigenvalue weighted by atomic mass is 16.5. The fraction of sp³-hybridized carbons (Fsp3) is 0.250. The first kappa shape index (κ1) is 16.2. The summed E-state index contributed by atoms with van der Waals surface area (Å²) in [6.07, 6.45) is 0.565. The number of benzene rings is 2. The second-order valence-electron chi connectivity index (χ2n) is 7.05. The second-order valence-corrected chi connectivity index (χ2v) is 7.05. The third-order valence-corrected chi connectivity index (χ3v) is 4.67. The smallest absolute Gasteiger partial charge is 0.372 e. The molecule has 2 aromatic carbocycles. The molecule has 0 saturated carbocycles. The summed E-state index contributed by atoms with van der Waals surface area (Å²) in [7, 11) is 0. The summed E-state index contributed by atoms with van der Waals surface area (Å²) in [5.74, 6) is -0.426. The highest BCUT2D eigenvalue weighted by molar-refractivity contribution is 5.90. The molecule has 1 aliphatic rings. The third kappa shape index (κ3) is 2.49. The van der Waals surface area contributed by atoms with Crippen LogP contribution in [0.1, 0.15) is 48.1 Å². The predicted octanol–water partition coefficient (Wildman–Crippen LogP) is 3.76. The number of aromatic carboxylic acids is 1. The van der Waals surface area contributed by atoms with E-state index in [2.05, 4.69) is 11.1 Å². The predicted molar refractivity (Wildman–Crippen MR) is 95.3 cm³/mol. The lowest BCUT2D eigenvalue weighted by molar-refractivity contribution is 0.0607. The molecule has 130 valence electrons. The number of carbonyl (C=O) groups is 1. The van der Waals surface area contributed by atoms with Gasteiger partial charge in [0.1, 0.15) is 11.4 Å². The molecule has 3 aromatic rings. The van der Waals surface area contributed by atoms with Gasteiger partial charge < -0.3 is 14.4 Å². The first-order valence-electron chi connectivity index (χ1n) is 8.33. The number of nitrogens with zero attached hydrogens (tertiary/aromatic N) is 3. The number of ether oxygens (including phenoxy) is 1. The molecule has 0 fully saturated rings. The standard InChI is InChI=1S/C20H17N3O3/c1-20(2)10-16(13-9-12(11-21)7-8-17(13)26-20)23-15-6-4-3-5-14(15)22-18(23)19(24)25/h3-9,16H,10H2,1-2H3,(H,24,25)/t16-/m0/s1. The number of hydrogen-bond donors (Lipinski definition) is 1. The number of hydrogen-bond acceptors (Lipinski definition) is 4. The van der Waals surface area contributed by atoms with Gasteiger partial charge in [-0.15, -0.1) is 0 Å². The molecular weight excluding hydrogens is 330 g/mol. The highest BCUT2D eigenvalue weighted by Crippen LogP contribution is 2.43. The summed E-state index contributed by atoms with van der Waals surface area (Å²) < 4.78 is 7.82. The molecule has 2 heterocycles. The number of aromatic nitrogens is 2. The second kappa shape index (κ2) is 5.60. The molecule has 26 heavy (non-hydrogen) atoms. The van der Waals surface area contributed by atoms with Crippen LogP contribution in [0.25, 0.3) is 11.0 Å². The van der Waals surface area contributed by atoms with E-state index in [1.807, 2.05) is 32.0 Å². The van der Waals surface area contributed by atoms with Crippen molar-refractivity contribution in [1.29, 1.82) is 5.26 Å². The number of imidazole rings is 1. The van der Waals surface area contributed by atoms with Gasteiger partial charge in [0, 0.05) is 12.0 Å². The lowest BCUT2D eigenvalue weighted by atomic mass is 9.88. The maximum atomic E-state index is 11.9. The summed E-state index contributed by atoms with van der Waals surface area (Å²) in [5.41, 5.74) is 2.22. The normalized spacial score (nSPS) is 18.0. The topological polar surface area (TPSA) is 88.1 Å². The minimum absolute atomic E-state index is 0.0118. The molecule has 6 heteroatoms. The SMILES string of the molecule is CC1(C)C[C@H](n2c(C(=O)O)nc3ccccc32)c2cc(C#N)ccc2O1. The Hall–Kier alpha value is -3.33. The number of para-hydroxylation sites is 2. The van der Waals surface area contributed by atoms with Gasteiger partial charge in [-0.05, 0) is 44.2 Å². The molecule has 0 spiro atoms. The fourth-order valence-electron chi connectivity index (χ4n) is 3.63. The van der Waals surface area contributed by atoms with E-state index in [0.717, 1.165) is 11.1 Å². The number of fused-ring (bicyclic) bond motifs is 2. The van der Waals surface area contributed by atoms with Gasteiger partial charge in [-0.3, -0.25) is 0 Å². The number of nitriles is 1. The molecule has 1 aromatic heterocycles. The molecule has 1 aliphatic heterocycles. The van der Waals surface area contributed by atoms with Crippen molar-refractivity contribution >= 4 is 17.0 Å². The summed E-state index contributed by atoms with van der Waals surface area (Å²) in [6.45, 7) is 3.95. The van der Waals surface area contributed by atoms with E-state index in [1.54, 1.807) is 28.8 Å². The molecule has 0 aliphatic carbocycles. The van der Waals surface area contributed by atoms with Crippen molar-refractivity contribution in [2.45, 2.75) is 31.9 Å². The van der Waals surface area contributed by atoms with Crippen molar-refractivity contribution in [2.75, 3.05) is 0 Å². The average Bonchev–Trinajstić information content (AvgIpc) is 2.99. The van der Waals surface area contributed by atoms with Crippen molar-refractivity contribution in [3.63, 3.8) is 0 Å². The van der Waals surface area contributed by atoms with Gasteiger partial charge in [0.2, 0.25) is 5.82 Å².